The zero-order valence-electron chi connectivity index (χ0n) is 12.0. The maximum absolute atomic E-state index is 11.8. The first kappa shape index (κ1) is 13.7. The zero-order chi connectivity index (χ0) is 13.3. The van der Waals surface area contributed by atoms with E-state index in [4.69, 9.17) is 4.74 Å². The fraction of sp³-hybridized carbons (Fsp3) is 0.929. The predicted octanol–water partition coefficient (Wildman–Crippen LogP) is 2.38. The van der Waals surface area contributed by atoms with Crippen LogP contribution in [-0.4, -0.2) is 41.8 Å². The molecule has 4 heteroatoms. The summed E-state index contributed by atoms with van der Waals surface area (Å²) < 4.78 is 5.34. The number of nitrogens with one attached hydrogen (secondary N) is 1. The molecule has 1 aliphatic heterocycles. The van der Waals surface area contributed by atoms with Crippen LogP contribution in [-0.2, 0) is 4.74 Å². The lowest BCUT2D eigenvalue weighted by atomic mass is 10.0. The molecule has 1 heterocycles. The standard InChI is InChI=1S/C14H26N2O2/c1-10-6-5-7-12(10)15-11-8-16(9-11)13(17)18-14(2,3)4/h10-12,15H,5-9H2,1-4H3. The summed E-state index contributed by atoms with van der Waals surface area (Å²) in [4.78, 5) is 13.5. The molecule has 2 unspecified atom stereocenters. The van der Waals surface area contributed by atoms with E-state index in [-0.39, 0.29) is 6.09 Å². The molecule has 1 saturated carbocycles. The van der Waals surface area contributed by atoms with Crippen LogP contribution in [0.25, 0.3) is 0 Å². The molecule has 1 aliphatic carbocycles. The monoisotopic (exact) mass is 254 g/mol. The molecule has 18 heavy (non-hydrogen) atoms. The molecule has 2 rings (SSSR count). The first-order valence-corrected chi connectivity index (χ1v) is 7.09. The Morgan fingerprint density at radius 1 is 1.28 bits per heavy atom. The fourth-order valence-corrected chi connectivity index (χ4v) is 2.76. The maximum Gasteiger partial charge on any atom is 0.410 e. The normalized spacial score (nSPS) is 29.2. The van der Waals surface area contributed by atoms with E-state index in [1.165, 1.54) is 19.3 Å². The molecule has 104 valence electrons. The minimum atomic E-state index is -0.393. The van der Waals surface area contributed by atoms with Gasteiger partial charge in [-0.1, -0.05) is 13.3 Å². The van der Waals surface area contributed by atoms with Crippen molar-refractivity contribution in [3.63, 3.8) is 0 Å². The van der Waals surface area contributed by atoms with E-state index in [0.717, 1.165) is 19.0 Å². The Labute approximate surface area is 110 Å². The highest BCUT2D eigenvalue weighted by Gasteiger charge is 2.36. The van der Waals surface area contributed by atoms with E-state index in [9.17, 15) is 4.79 Å². The summed E-state index contributed by atoms with van der Waals surface area (Å²) in [6, 6.07) is 1.11. The van der Waals surface area contributed by atoms with Gasteiger partial charge in [0.15, 0.2) is 0 Å². The van der Waals surface area contributed by atoms with Crippen LogP contribution in [0.5, 0.6) is 0 Å². The number of hydrogen-bond donors (Lipinski definition) is 1. The van der Waals surface area contributed by atoms with Crippen molar-refractivity contribution in [2.24, 2.45) is 5.92 Å². The van der Waals surface area contributed by atoms with Crippen molar-refractivity contribution in [1.29, 1.82) is 0 Å². The van der Waals surface area contributed by atoms with Crippen LogP contribution < -0.4 is 5.32 Å². The Bertz CT molecular complexity index is 305. The van der Waals surface area contributed by atoms with Gasteiger partial charge in [0.2, 0.25) is 0 Å². The number of rotatable bonds is 2. The molecular formula is C14H26N2O2. The first-order valence-electron chi connectivity index (χ1n) is 7.09. The number of amides is 1. The minimum absolute atomic E-state index is 0.181. The van der Waals surface area contributed by atoms with Crippen LogP contribution in [0.1, 0.15) is 47.0 Å². The molecule has 0 aromatic heterocycles. The topological polar surface area (TPSA) is 41.6 Å². The van der Waals surface area contributed by atoms with Gasteiger partial charge in [0.25, 0.3) is 0 Å². The Hall–Kier alpha value is -0.770. The van der Waals surface area contributed by atoms with Gasteiger partial charge in [0.05, 0.1) is 0 Å². The van der Waals surface area contributed by atoms with Crippen molar-refractivity contribution in [2.75, 3.05) is 13.1 Å². The van der Waals surface area contributed by atoms with E-state index in [1.807, 2.05) is 20.8 Å². The van der Waals surface area contributed by atoms with E-state index < -0.39 is 5.60 Å². The fourth-order valence-electron chi connectivity index (χ4n) is 2.76. The number of hydrogen-bond acceptors (Lipinski definition) is 3. The number of ether oxygens (including phenoxy) is 1. The van der Waals surface area contributed by atoms with Crippen molar-refractivity contribution in [3.05, 3.63) is 0 Å². The SMILES string of the molecule is CC1CCCC1NC1CN(C(=O)OC(C)(C)C)C1. The highest BCUT2D eigenvalue weighted by atomic mass is 16.6. The zero-order valence-corrected chi connectivity index (χ0v) is 12.0. The van der Waals surface area contributed by atoms with Crippen LogP contribution >= 0.6 is 0 Å². The maximum atomic E-state index is 11.8. The third kappa shape index (κ3) is 3.37. The van der Waals surface area contributed by atoms with Crippen LogP contribution in [0.4, 0.5) is 4.79 Å². The van der Waals surface area contributed by atoms with Crippen LogP contribution in [0.2, 0.25) is 0 Å². The van der Waals surface area contributed by atoms with E-state index in [1.54, 1.807) is 4.90 Å². The van der Waals surface area contributed by atoms with Gasteiger partial charge in [-0.05, 0) is 39.5 Å². The van der Waals surface area contributed by atoms with Crippen LogP contribution in [0, 0.1) is 5.92 Å². The summed E-state index contributed by atoms with van der Waals surface area (Å²) >= 11 is 0. The van der Waals surface area contributed by atoms with Crippen molar-refractivity contribution in [3.8, 4) is 0 Å². The second kappa shape index (κ2) is 5.08. The second-order valence-corrected chi connectivity index (χ2v) is 6.76. The smallest absolute Gasteiger partial charge is 0.410 e. The lowest BCUT2D eigenvalue weighted by Crippen LogP contribution is -2.62. The molecule has 2 fully saturated rings. The minimum Gasteiger partial charge on any atom is -0.444 e. The highest BCUT2D eigenvalue weighted by Crippen LogP contribution is 2.26. The molecular weight excluding hydrogens is 228 g/mol. The molecule has 0 radical (unpaired) electrons. The summed E-state index contributed by atoms with van der Waals surface area (Å²) in [5, 5.41) is 3.66. The van der Waals surface area contributed by atoms with Gasteiger partial charge in [0.1, 0.15) is 5.60 Å². The third-order valence-electron chi connectivity index (χ3n) is 3.84. The van der Waals surface area contributed by atoms with E-state index in [2.05, 4.69) is 12.2 Å². The van der Waals surface area contributed by atoms with E-state index >= 15 is 0 Å². The molecule has 4 nitrogen and oxygen atoms in total. The summed E-state index contributed by atoms with van der Waals surface area (Å²) in [7, 11) is 0. The van der Waals surface area contributed by atoms with Crippen LogP contribution in [0.15, 0.2) is 0 Å². The van der Waals surface area contributed by atoms with E-state index in [0.29, 0.717) is 12.1 Å². The molecule has 0 aromatic carbocycles. The molecule has 1 saturated heterocycles. The quantitative estimate of drug-likeness (QED) is 0.822. The number of carbonyl (C=O) groups is 1. The lowest BCUT2D eigenvalue weighted by Gasteiger charge is -2.41. The van der Waals surface area contributed by atoms with Crippen molar-refractivity contribution < 1.29 is 9.53 Å². The molecule has 1 N–H and O–H groups in total. The molecule has 2 aliphatic rings. The largest absolute Gasteiger partial charge is 0.444 e. The van der Waals surface area contributed by atoms with Gasteiger partial charge in [-0.2, -0.15) is 0 Å². The number of likely N-dealkylation sites (tertiary alicyclic amines) is 1. The van der Waals surface area contributed by atoms with Crippen molar-refractivity contribution in [2.45, 2.75) is 64.6 Å². The molecule has 0 spiro atoms. The van der Waals surface area contributed by atoms with Crippen molar-refractivity contribution in [1.82, 2.24) is 10.2 Å². The Morgan fingerprint density at radius 3 is 2.44 bits per heavy atom. The van der Waals surface area contributed by atoms with Gasteiger partial charge in [0, 0.05) is 25.2 Å². The molecule has 0 bridgehead atoms. The lowest BCUT2D eigenvalue weighted by molar-refractivity contribution is 0.00376. The Kier molecular flexibility index (Phi) is 3.85. The summed E-state index contributed by atoms with van der Waals surface area (Å²) in [6.45, 7) is 9.60. The van der Waals surface area contributed by atoms with Gasteiger partial charge in [-0.3, -0.25) is 0 Å². The summed E-state index contributed by atoms with van der Waals surface area (Å²) in [5.74, 6) is 0.778. The van der Waals surface area contributed by atoms with Gasteiger partial charge >= 0.3 is 6.09 Å². The van der Waals surface area contributed by atoms with Gasteiger partial charge < -0.3 is 15.0 Å². The van der Waals surface area contributed by atoms with Crippen molar-refractivity contribution >= 4 is 6.09 Å². The highest BCUT2D eigenvalue weighted by molar-refractivity contribution is 5.69. The average Bonchev–Trinajstić information content (AvgIpc) is 2.54. The molecule has 1 amide bonds. The Morgan fingerprint density at radius 2 is 1.94 bits per heavy atom. The summed E-state index contributed by atoms with van der Waals surface area (Å²) in [5.41, 5.74) is -0.393. The Balaban J connectivity index is 1.69. The number of nitrogens with zero attached hydrogens (tertiary/aromatic N) is 1. The van der Waals surface area contributed by atoms with Crippen LogP contribution in [0.3, 0.4) is 0 Å². The third-order valence-corrected chi connectivity index (χ3v) is 3.84. The average molecular weight is 254 g/mol. The van der Waals surface area contributed by atoms with Gasteiger partial charge in [-0.25, -0.2) is 4.79 Å². The first-order chi connectivity index (χ1) is 8.35. The number of carbonyl (C=O) groups excluding carboxylic acids is 1. The molecule has 0 aromatic rings. The molecule has 2 atom stereocenters. The second-order valence-electron chi connectivity index (χ2n) is 6.76. The predicted molar refractivity (Wildman–Crippen MR) is 71.5 cm³/mol. The summed E-state index contributed by atoms with van der Waals surface area (Å²) in [6.07, 6.45) is 3.77. The van der Waals surface area contributed by atoms with Gasteiger partial charge in [-0.15, -0.1) is 0 Å².